The molecule has 0 atom stereocenters. The van der Waals surface area contributed by atoms with E-state index >= 15 is 0 Å². The molecule has 0 aliphatic heterocycles. The van der Waals surface area contributed by atoms with Gasteiger partial charge < -0.3 is 4.84 Å². The summed E-state index contributed by atoms with van der Waals surface area (Å²) < 4.78 is 3.51. The van der Waals surface area contributed by atoms with Gasteiger partial charge in [-0.05, 0) is 25.0 Å². The molecule has 5 aromatic rings. The molecule has 3 heterocycles. The van der Waals surface area contributed by atoms with Crippen LogP contribution in [0, 0.1) is 6.92 Å². The molecule has 0 aliphatic rings. The van der Waals surface area contributed by atoms with Crippen molar-refractivity contribution in [3.05, 3.63) is 89.6 Å². The fourth-order valence-electron chi connectivity index (χ4n) is 3.38. The summed E-state index contributed by atoms with van der Waals surface area (Å²) in [5.74, 6) is 0.533. The molecular formula is C23H21N7O. The molecule has 0 aliphatic carbocycles. The molecule has 8 nitrogen and oxygen atoms in total. The summed E-state index contributed by atoms with van der Waals surface area (Å²) in [6, 6.07) is 18.3. The standard InChI is InChI=1S/C23H21N7O/c1-16-8-10-19(11-9-16)17(2)28-31-14-21-26-23-20-12-25-29(13-18-6-4-3-5-7-18)22(20)24-15-30(23)27-21/h3-12,15H,13-14H2,1-2H3/b28-17+. The molecule has 5 rings (SSSR count). The summed E-state index contributed by atoms with van der Waals surface area (Å²) in [6.45, 7) is 4.78. The topological polar surface area (TPSA) is 82.5 Å². The summed E-state index contributed by atoms with van der Waals surface area (Å²) in [5.41, 5.74) is 5.65. The van der Waals surface area contributed by atoms with E-state index in [4.69, 9.17) is 4.84 Å². The Morgan fingerprint density at radius 2 is 1.84 bits per heavy atom. The molecular weight excluding hydrogens is 390 g/mol. The number of hydrogen-bond donors (Lipinski definition) is 0. The van der Waals surface area contributed by atoms with Crippen molar-refractivity contribution in [3.63, 3.8) is 0 Å². The van der Waals surface area contributed by atoms with E-state index in [9.17, 15) is 0 Å². The van der Waals surface area contributed by atoms with E-state index in [1.807, 2.05) is 54.1 Å². The average Bonchev–Trinajstić information content (AvgIpc) is 3.38. The van der Waals surface area contributed by atoms with E-state index in [-0.39, 0.29) is 6.61 Å². The third-order valence-electron chi connectivity index (χ3n) is 5.06. The van der Waals surface area contributed by atoms with Crippen LogP contribution in [-0.2, 0) is 18.0 Å². The van der Waals surface area contributed by atoms with Crippen LogP contribution in [0.3, 0.4) is 0 Å². The molecule has 0 fully saturated rings. The Bertz CT molecular complexity index is 1370. The first-order valence-corrected chi connectivity index (χ1v) is 10.0. The van der Waals surface area contributed by atoms with Crippen LogP contribution < -0.4 is 0 Å². The van der Waals surface area contributed by atoms with Gasteiger partial charge in [-0.15, -0.1) is 5.10 Å². The molecule has 8 heteroatoms. The van der Waals surface area contributed by atoms with E-state index in [2.05, 4.69) is 44.4 Å². The predicted molar refractivity (Wildman–Crippen MR) is 118 cm³/mol. The number of nitrogens with zero attached hydrogens (tertiary/aromatic N) is 7. The normalized spacial score (nSPS) is 12.0. The van der Waals surface area contributed by atoms with Crippen LogP contribution in [0.5, 0.6) is 0 Å². The van der Waals surface area contributed by atoms with Crippen LogP contribution >= 0.6 is 0 Å². The third-order valence-corrected chi connectivity index (χ3v) is 5.06. The zero-order valence-corrected chi connectivity index (χ0v) is 17.3. The van der Waals surface area contributed by atoms with E-state index in [0.29, 0.717) is 18.0 Å². The van der Waals surface area contributed by atoms with Crippen LogP contribution in [0.25, 0.3) is 16.7 Å². The molecule has 0 unspecified atom stereocenters. The minimum atomic E-state index is 0.171. The summed E-state index contributed by atoms with van der Waals surface area (Å²) >= 11 is 0. The lowest BCUT2D eigenvalue weighted by Gasteiger charge is -2.02. The van der Waals surface area contributed by atoms with Gasteiger partial charge in [0.15, 0.2) is 23.7 Å². The Morgan fingerprint density at radius 1 is 1.03 bits per heavy atom. The van der Waals surface area contributed by atoms with Crippen molar-refractivity contribution in [2.45, 2.75) is 27.0 Å². The number of hydrogen-bond acceptors (Lipinski definition) is 6. The highest BCUT2D eigenvalue weighted by molar-refractivity contribution is 5.98. The number of aromatic nitrogens is 6. The number of aryl methyl sites for hydroxylation is 1. The number of oxime groups is 1. The summed E-state index contributed by atoms with van der Waals surface area (Å²) in [4.78, 5) is 14.6. The SMILES string of the molecule is C/C(=N\OCc1nc2c3cnn(Cc4ccccc4)c3ncn2n1)c1ccc(C)cc1. The quantitative estimate of drug-likeness (QED) is 0.314. The number of rotatable bonds is 6. The van der Waals surface area contributed by atoms with Crippen LogP contribution in [0.1, 0.15) is 29.4 Å². The van der Waals surface area contributed by atoms with Gasteiger partial charge >= 0.3 is 0 Å². The van der Waals surface area contributed by atoms with E-state index < -0.39 is 0 Å². The molecule has 0 saturated carbocycles. The van der Waals surface area contributed by atoms with E-state index in [0.717, 1.165) is 27.9 Å². The van der Waals surface area contributed by atoms with Crippen molar-refractivity contribution in [1.82, 2.24) is 29.4 Å². The molecule has 0 amide bonds. The monoisotopic (exact) mass is 411 g/mol. The second-order valence-electron chi connectivity index (χ2n) is 7.38. The van der Waals surface area contributed by atoms with Gasteiger partial charge in [0, 0.05) is 0 Å². The van der Waals surface area contributed by atoms with Crippen LogP contribution in [-0.4, -0.2) is 35.1 Å². The molecule has 31 heavy (non-hydrogen) atoms. The first-order chi connectivity index (χ1) is 15.2. The van der Waals surface area contributed by atoms with Crippen LogP contribution in [0.4, 0.5) is 0 Å². The van der Waals surface area contributed by atoms with Crippen LogP contribution in [0.15, 0.2) is 72.3 Å². The summed E-state index contributed by atoms with van der Waals surface area (Å²) in [6.07, 6.45) is 3.43. The molecule has 3 aromatic heterocycles. The second kappa shape index (κ2) is 7.98. The van der Waals surface area contributed by atoms with Gasteiger partial charge in [-0.25, -0.2) is 19.2 Å². The smallest absolute Gasteiger partial charge is 0.192 e. The van der Waals surface area contributed by atoms with E-state index in [1.165, 1.54) is 5.56 Å². The molecule has 2 aromatic carbocycles. The van der Waals surface area contributed by atoms with Gasteiger partial charge in [0.1, 0.15) is 6.33 Å². The fraction of sp³-hybridized carbons (Fsp3) is 0.174. The van der Waals surface area contributed by atoms with Crippen molar-refractivity contribution in [2.75, 3.05) is 0 Å². The predicted octanol–water partition coefficient (Wildman–Crippen LogP) is 3.77. The third kappa shape index (κ3) is 3.87. The minimum Gasteiger partial charge on any atom is -0.387 e. The molecule has 0 saturated heterocycles. The number of fused-ring (bicyclic) bond motifs is 3. The minimum absolute atomic E-state index is 0.171. The highest BCUT2D eigenvalue weighted by atomic mass is 16.6. The van der Waals surface area contributed by atoms with Gasteiger partial charge in [0.25, 0.3) is 0 Å². The molecule has 154 valence electrons. The lowest BCUT2D eigenvalue weighted by atomic mass is 10.1. The lowest BCUT2D eigenvalue weighted by molar-refractivity contribution is 0.125. The first kappa shape index (κ1) is 18.9. The maximum atomic E-state index is 5.50. The van der Waals surface area contributed by atoms with Gasteiger partial charge in [0.05, 0.1) is 23.8 Å². The first-order valence-electron chi connectivity index (χ1n) is 10.0. The Kier molecular flexibility index (Phi) is 4.87. The van der Waals surface area contributed by atoms with Gasteiger partial charge in [-0.1, -0.05) is 65.3 Å². The Balaban J connectivity index is 1.35. The Hall–Kier alpha value is -4.07. The molecule has 0 N–H and O–H groups in total. The van der Waals surface area contributed by atoms with Gasteiger partial charge in [0.2, 0.25) is 0 Å². The van der Waals surface area contributed by atoms with Crippen molar-refractivity contribution < 1.29 is 4.84 Å². The maximum Gasteiger partial charge on any atom is 0.192 e. The van der Waals surface area contributed by atoms with Gasteiger partial charge in [-0.3, -0.25) is 0 Å². The lowest BCUT2D eigenvalue weighted by Crippen LogP contribution is -2.03. The van der Waals surface area contributed by atoms with Gasteiger partial charge in [-0.2, -0.15) is 5.10 Å². The fourth-order valence-corrected chi connectivity index (χ4v) is 3.38. The number of benzene rings is 2. The molecule has 0 bridgehead atoms. The average molecular weight is 411 g/mol. The largest absolute Gasteiger partial charge is 0.387 e. The van der Waals surface area contributed by atoms with Crippen LogP contribution in [0.2, 0.25) is 0 Å². The van der Waals surface area contributed by atoms with Crippen molar-refractivity contribution in [3.8, 4) is 0 Å². The van der Waals surface area contributed by atoms with Crippen molar-refractivity contribution in [2.24, 2.45) is 5.16 Å². The molecule has 0 spiro atoms. The highest BCUT2D eigenvalue weighted by Gasteiger charge is 2.13. The molecule has 0 radical (unpaired) electrons. The Labute approximate surface area is 178 Å². The maximum absolute atomic E-state index is 5.50. The van der Waals surface area contributed by atoms with E-state index in [1.54, 1.807) is 17.0 Å². The summed E-state index contributed by atoms with van der Waals surface area (Å²) in [5, 5.41) is 14.0. The zero-order valence-electron chi connectivity index (χ0n) is 17.3. The highest BCUT2D eigenvalue weighted by Crippen LogP contribution is 2.17. The van der Waals surface area contributed by atoms with Crippen molar-refractivity contribution in [1.29, 1.82) is 0 Å². The zero-order chi connectivity index (χ0) is 21.2. The Morgan fingerprint density at radius 3 is 2.65 bits per heavy atom. The van der Waals surface area contributed by atoms with Crippen molar-refractivity contribution >= 4 is 22.4 Å². The summed E-state index contributed by atoms with van der Waals surface area (Å²) in [7, 11) is 0. The second-order valence-corrected chi connectivity index (χ2v) is 7.38.